The molecule has 3 nitrogen and oxygen atoms in total. The van der Waals surface area contributed by atoms with Crippen molar-refractivity contribution in [3.8, 4) is 0 Å². The maximum atomic E-state index is 12.4. The van der Waals surface area contributed by atoms with Crippen molar-refractivity contribution in [3.63, 3.8) is 0 Å². The molecule has 3 unspecified atom stereocenters. The second kappa shape index (κ2) is 11.5. The van der Waals surface area contributed by atoms with Crippen LogP contribution in [0.2, 0.25) is 0 Å². The molecule has 0 radical (unpaired) electrons. The number of ether oxygens (including phenoxy) is 2. The molecule has 2 aliphatic rings. The first-order valence-corrected chi connectivity index (χ1v) is 12.7. The van der Waals surface area contributed by atoms with Crippen molar-refractivity contribution in [2.45, 2.75) is 99.2 Å². The quantitative estimate of drug-likeness (QED) is 0.298. The molecule has 0 aromatic heterocycles. The SMILES string of the molecule is CCC(C)(C)CC(C1=CCC(C)(OCC(=O)OC(C)C2=CCC=CC=C2)C=C1)C(C)(C)CC. The van der Waals surface area contributed by atoms with Gasteiger partial charge in [0.2, 0.25) is 0 Å². The van der Waals surface area contributed by atoms with Gasteiger partial charge in [0.1, 0.15) is 12.7 Å². The standard InChI is InChI=1S/C30H46O3/c1-9-28(4,5)21-26(29(6,7)10-2)25-17-19-30(8,20-18-25)32-22-27(31)33-23(3)24-15-13-11-12-14-16-24/h11-13,15-19,23,26H,9-10,14,20-22H2,1-8H3. The summed E-state index contributed by atoms with van der Waals surface area (Å²) in [7, 11) is 0. The highest BCUT2D eigenvalue weighted by molar-refractivity contribution is 5.71. The van der Waals surface area contributed by atoms with Crippen LogP contribution in [0.1, 0.15) is 87.5 Å². The van der Waals surface area contributed by atoms with Crippen molar-refractivity contribution in [2.24, 2.45) is 16.7 Å². The van der Waals surface area contributed by atoms with E-state index in [1.807, 2.05) is 32.1 Å². The van der Waals surface area contributed by atoms with Crippen molar-refractivity contribution in [1.29, 1.82) is 0 Å². The number of hydrogen-bond acceptors (Lipinski definition) is 3. The van der Waals surface area contributed by atoms with Crippen LogP contribution in [0.5, 0.6) is 0 Å². The smallest absolute Gasteiger partial charge is 0.332 e. The van der Waals surface area contributed by atoms with Gasteiger partial charge in [-0.05, 0) is 61.0 Å². The summed E-state index contributed by atoms with van der Waals surface area (Å²) in [5.74, 6) is 0.174. The molecule has 33 heavy (non-hydrogen) atoms. The highest BCUT2D eigenvalue weighted by atomic mass is 16.6. The van der Waals surface area contributed by atoms with Gasteiger partial charge in [0.15, 0.2) is 0 Å². The molecular formula is C30H46O3. The van der Waals surface area contributed by atoms with Crippen LogP contribution in [0.15, 0.2) is 59.8 Å². The molecule has 0 aliphatic heterocycles. The van der Waals surface area contributed by atoms with E-state index in [0.717, 1.165) is 24.8 Å². The Hall–Kier alpha value is -1.87. The van der Waals surface area contributed by atoms with Gasteiger partial charge in [0.05, 0.1) is 5.60 Å². The maximum Gasteiger partial charge on any atom is 0.332 e. The second-order valence-electron chi connectivity index (χ2n) is 11.3. The van der Waals surface area contributed by atoms with E-state index < -0.39 is 5.60 Å². The van der Waals surface area contributed by atoms with Crippen LogP contribution >= 0.6 is 0 Å². The van der Waals surface area contributed by atoms with Crippen LogP contribution < -0.4 is 0 Å². The van der Waals surface area contributed by atoms with Crippen molar-refractivity contribution < 1.29 is 14.3 Å². The molecule has 0 aromatic carbocycles. The Balaban J connectivity index is 1.97. The molecular weight excluding hydrogens is 408 g/mol. The topological polar surface area (TPSA) is 35.5 Å². The van der Waals surface area contributed by atoms with Gasteiger partial charge >= 0.3 is 5.97 Å². The Labute approximate surface area is 202 Å². The van der Waals surface area contributed by atoms with Gasteiger partial charge in [-0.3, -0.25) is 0 Å². The predicted octanol–water partition coefficient (Wildman–Crippen LogP) is 7.90. The van der Waals surface area contributed by atoms with E-state index >= 15 is 0 Å². The van der Waals surface area contributed by atoms with Crippen LogP contribution in [0, 0.1) is 16.7 Å². The number of allylic oxidation sites excluding steroid dienone is 6. The zero-order valence-electron chi connectivity index (χ0n) is 22.2. The molecule has 0 spiro atoms. The summed E-state index contributed by atoms with van der Waals surface area (Å²) in [5.41, 5.74) is 2.47. The molecule has 2 rings (SSSR count). The summed E-state index contributed by atoms with van der Waals surface area (Å²) >= 11 is 0. The minimum Gasteiger partial charge on any atom is -0.456 e. The number of carbonyl (C=O) groups is 1. The van der Waals surface area contributed by atoms with E-state index in [1.54, 1.807) is 0 Å². The van der Waals surface area contributed by atoms with Gasteiger partial charge in [-0.25, -0.2) is 4.79 Å². The molecule has 0 heterocycles. The van der Waals surface area contributed by atoms with Gasteiger partial charge in [0.25, 0.3) is 0 Å². The summed E-state index contributed by atoms with van der Waals surface area (Å²) in [6, 6.07) is 0. The molecule has 0 amide bonds. The van der Waals surface area contributed by atoms with E-state index in [-0.39, 0.29) is 24.1 Å². The van der Waals surface area contributed by atoms with Gasteiger partial charge in [-0.15, -0.1) is 0 Å². The Kier molecular flexibility index (Phi) is 9.55. The lowest BCUT2D eigenvalue weighted by Gasteiger charge is -2.41. The predicted molar refractivity (Wildman–Crippen MR) is 139 cm³/mol. The Morgan fingerprint density at radius 3 is 2.39 bits per heavy atom. The fourth-order valence-corrected chi connectivity index (χ4v) is 4.30. The Bertz CT molecular complexity index is 821. The molecule has 2 aliphatic carbocycles. The van der Waals surface area contributed by atoms with Gasteiger partial charge in [-0.2, -0.15) is 0 Å². The minimum absolute atomic E-state index is 0.0453. The Morgan fingerprint density at radius 2 is 1.79 bits per heavy atom. The molecule has 0 bridgehead atoms. The minimum atomic E-state index is -0.488. The lowest BCUT2D eigenvalue weighted by atomic mass is 9.64. The fraction of sp³-hybridized carbons (Fsp3) is 0.633. The maximum absolute atomic E-state index is 12.4. The van der Waals surface area contributed by atoms with E-state index in [1.165, 1.54) is 18.4 Å². The zero-order chi connectivity index (χ0) is 24.7. The lowest BCUT2D eigenvalue weighted by molar-refractivity contribution is -0.156. The first kappa shape index (κ1) is 27.4. The molecule has 184 valence electrons. The van der Waals surface area contributed by atoms with Gasteiger partial charge in [0, 0.05) is 0 Å². The first-order valence-electron chi connectivity index (χ1n) is 12.7. The van der Waals surface area contributed by atoms with Crippen LogP contribution in [-0.4, -0.2) is 24.3 Å². The molecule has 0 fully saturated rings. The average molecular weight is 455 g/mol. The van der Waals surface area contributed by atoms with Gasteiger partial charge in [-0.1, -0.05) is 103 Å². The van der Waals surface area contributed by atoms with E-state index in [4.69, 9.17) is 9.47 Å². The normalized spacial score (nSPS) is 22.9. The zero-order valence-corrected chi connectivity index (χ0v) is 22.2. The Morgan fingerprint density at radius 1 is 1.06 bits per heavy atom. The molecule has 3 atom stereocenters. The third-order valence-corrected chi connectivity index (χ3v) is 7.67. The summed E-state index contributed by atoms with van der Waals surface area (Å²) in [6.45, 7) is 18.0. The highest BCUT2D eigenvalue weighted by Gasteiger charge is 2.36. The van der Waals surface area contributed by atoms with Crippen molar-refractivity contribution in [2.75, 3.05) is 6.61 Å². The monoisotopic (exact) mass is 454 g/mol. The number of carbonyl (C=O) groups excluding carboxylic acids is 1. The van der Waals surface area contributed by atoms with E-state index in [2.05, 4.69) is 71.9 Å². The van der Waals surface area contributed by atoms with Crippen LogP contribution in [0.4, 0.5) is 0 Å². The number of hydrogen-bond donors (Lipinski definition) is 0. The lowest BCUT2D eigenvalue weighted by Crippen LogP contribution is -2.34. The number of rotatable bonds is 11. The molecule has 0 N–H and O–H groups in total. The highest BCUT2D eigenvalue weighted by Crippen LogP contribution is 2.45. The van der Waals surface area contributed by atoms with Crippen LogP contribution in [0.25, 0.3) is 0 Å². The molecule has 0 saturated heterocycles. The summed E-state index contributed by atoms with van der Waals surface area (Å²) < 4.78 is 11.7. The average Bonchev–Trinajstić information content (AvgIpc) is 3.07. The molecule has 3 heteroatoms. The summed E-state index contributed by atoms with van der Waals surface area (Å²) in [5, 5.41) is 0. The van der Waals surface area contributed by atoms with Crippen LogP contribution in [-0.2, 0) is 14.3 Å². The third kappa shape index (κ3) is 8.14. The van der Waals surface area contributed by atoms with Crippen molar-refractivity contribution >= 4 is 5.97 Å². The fourth-order valence-electron chi connectivity index (χ4n) is 4.30. The van der Waals surface area contributed by atoms with Crippen molar-refractivity contribution in [1.82, 2.24) is 0 Å². The van der Waals surface area contributed by atoms with Crippen LogP contribution in [0.3, 0.4) is 0 Å². The first-order chi connectivity index (χ1) is 15.4. The van der Waals surface area contributed by atoms with E-state index in [9.17, 15) is 4.79 Å². The van der Waals surface area contributed by atoms with Gasteiger partial charge < -0.3 is 9.47 Å². The molecule has 0 saturated carbocycles. The largest absolute Gasteiger partial charge is 0.456 e. The summed E-state index contributed by atoms with van der Waals surface area (Å²) in [4.78, 5) is 12.4. The second-order valence-corrected chi connectivity index (χ2v) is 11.3. The van der Waals surface area contributed by atoms with Crippen molar-refractivity contribution in [3.05, 3.63) is 59.8 Å². The third-order valence-electron chi connectivity index (χ3n) is 7.67. The molecule has 0 aromatic rings. The summed E-state index contributed by atoms with van der Waals surface area (Å²) in [6.07, 6.45) is 21.7. The van der Waals surface area contributed by atoms with E-state index in [0.29, 0.717) is 11.3 Å². The number of esters is 1.